The van der Waals surface area contributed by atoms with Crippen LogP contribution >= 0.6 is 0 Å². The molecule has 0 bridgehead atoms. The minimum Gasteiger partial charge on any atom is -0.508 e. The van der Waals surface area contributed by atoms with Crippen molar-refractivity contribution in [3.63, 3.8) is 0 Å². The Labute approximate surface area is 59.2 Å². The Balaban J connectivity index is 2.69. The van der Waals surface area contributed by atoms with Crippen molar-refractivity contribution in [1.82, 2.24) is 0 Å². The van der Waals surface area contributed by atoms with Gasteiger partial charge in [0.25, 0.3) is 0 Å². The molecule has 0 aliphatic rings. The standard InChI is InChI=1S/C7H9NO2/c1-10-8-6-2-4-7(9)5-3-6/h2-5,8-9H,1H3. The van der Waals surface area contributed by atoms with Gasteiger partial charge in [-0.1, -0.05) is 0 Å². The van der Waals surface area contributed by atoms with E-state index in [1.165, 1.54) is 7.11 Å². The molecule has 1 aromatic rings. The molecule has 0 aliphatic heterocycles. The van der Waals surface area contributed by atoms with Crippen LogP contribution in [0.3, 0.4) is 0 Å². The maximum atomic E-state index is 8.86. The Morgan fingerprint density at radius 1 is 1.30 bits per heavy atom. The van der Waals surface area contributed by atoms with E-state index >= 15 is 0 Å². The van der Waals surface area contributed by atoms with E-state index in [0.29, 0.717) is 0 Å². The van der Waals surface area contributed by atoms with Crippen LogP contribution in [0.15, 0.2) is 24.3 Å². The van der Waals surface area contributed by atoms with Crippen molar-refractivity contribution in [3.8, 4) is 5.75 Å². The van der Waals surface area contributed by atoms with Gasteiger partial charge in [0.15, 0.2) is 0 Å². The number of nitrogens with one attached hydrogen (secondary N) is 1. The van der Waals surface area contributed by atoms with Crippen molar-refractivity contribution < 1.29 is 9.94 Å². The van der Waals surface area contributed by atoms with Gasteiger partial charge in [-0.25, -0.2) is 0 Å². The summed E-state index contributed by atoms with van der Waals surface area (Å²) in [7, 11) is 1.53. The summed E-state index contributed by atoms with van der Waals surface area (Å²) in [5, 5.41) is 8.86. The number of phenolic OH excluding ortho intramolecular Hbond substituents is 1. The highest BCUT2D eigenvalue weighted by Gasteiger charge is 1.88. The average Bonchev–Trinajstić information content (AvgIpc) is 1.95. The third-order valence-electron chi connectivity index (χ3n) is 1.09. The summed E-state index contributed by atoms with van der Waals surface area (Å²) in [4.78, 5) is 4.64. The first kappa shape index (κ1) is 6.89. The number of benzene rings is 1. The fraction of sp³-hybridized carbons (Fsp3) is 0.143. The summed E-state index contributed by atoms with van der Waals surface area (Å²) >= 11 is 0. The smallest absolute Gasteiger partial charge is 0.115 e. The summed E-state index contributed by atoms with van der Waals surface area (Å²) in [5.41, 5.74) is 3.44. The van der Waals surface area contributed by atoms with E-state index < -0.39 is 0 Å². The van der Waals surface area contributed by atoms with Crippen LogP contribution in [-0.4, -0.2) is 12.2 Å². The van der Waals surface area contributed by atoms with Crippen LogP contribution in [0, 0.1) is 0 Å². The van der Waals surface area contributed by atoms with Gasteiger partial charge in [-0.2, -0.15) is 0 Å². The molecule has 0 heterocycles. The van der Waals surface area contributed by atoms with E-state index in [1.807, 2.05) is 0 Å². The van der Waals surface area contributed by atoms with Crippen LogP contribution in [-0.2, 0) is 4.84 Å². The molecule has 0 unspecified atom stereocenters. The maximum Gasteiger partial charge on any atom is 0.115 e. The molecule has 3 nitrogen and oxygen atoms in total. The molecular weight excluding hydrogens is 130 g/mol. The molecule has 0 amide bonds. The van der Waals surface area contributed by atoms with Gasteiger partial charge in [-0.3, -0.25) is 10.3 Å². The molecule has 1 aromatic carbocycles. The number of hydrogen-bond acceptors (Lipinski definition) is 3. The van der Waals surface area contributed by atoms with Gasteiger partial charge in [0, 0.05) is 0 Å². The summed E-state index contributed by atoms with van der Waals surface area (Å²) in [5.74, 6) is 0.252. The van der Waals surface area contributed by atoms with Gasteiger partial charge in [-0.05, 0) is 24.3 Å². The van der Waals surface area contributed by atoms with E-state index in [1.54, 1.807) is 24.3 Å². The zero-order valence-electron chi connectivity index (χ0n) is 5.66. The van der Waals surface area contributed by atoms with Crippen LogP contribution in [0.25, 0.3) is 0 Å². The predicted octanol–water partition coefficient (Wildman–Crippen LogP) is 1.37. The molecule has 0 aliphatic carbocycles. The molecule has 10 heavy (non-hydrogen) atoms. The Morgan fingerprint density at radius 3 is 2.40 bits per heavy atom. The lowest BCUT2D eigenvalue weighted by Crippen LogP contribution is -1.93. The Morgan fingerprint density at radius 2 is 1.90 bits per heavy atom. The van der Waals surface area contributed by atoms with Crippen LogP contribution in [0.4, 0.5) is 5.69 Å². The van der Waals surface area contributed by atoms with Gasteiger partial charge in [-0.15, -0.1) is 0 Å². The first-order chi connectivity index (χ1) is 4.83. The van der Waals surface area contributed by atoms with E-state index in [2.05, 4.69) is 10.3 Å². The normalized spacial score (nSPS) is 9.30. The largest absolute Gasteiger partial charge is 0.508 e. The lowest BCUT2D eigenvalue weighted by molar-refractivity contribution is 0.271. The van der Waals surface area contributed by atoms with Crippen molar-refractivity contribution in [1.29, 1.82) is 0 Å². The minimum atomic E-state index is 0.252. The monoisotopic (exact) mass is 139 g/mol. The molecule has 3 heteroatoms. The number of phenols is 1. The summed E-state index contributed by atoms with van der Waals surface area (Å²) in [6.07, 6.45) is 0. The maximum absolute atomic E-state index is 8.86. The van der Waals surface area contributed by atoms with Crippen LogP contribution < -0.4 is 5.48 Å². The summed E-state index contributed by atoms with van der Waals surface area (Å²) in [6, 6.07) is 6.61. The molecule has 0 saturated heterocycles. The molecule has 0 saturated carbocycles. The second kappa shape index (κ2) is 3.08. The Hall–Kier alpha value is -1.22. The molecule has 0 fully saturated rings. The SMILES string of the molecule is CONc1ccc(O)cc1. The highest BCUT2D eigenvalue weighted by Crippen LogP contribution is 2.12. The van der Waals surface area contributed by atoms with E-state index in [0.717, 1.165) is 5.69 Å². The van der Waals surface area contributed by atoms with Crippen molar-refractivity contribution >= 4 is 5.69 Å². The Kier molecular flexibility index (Phi) is 2.12. The van der Waals surface area contributed by atoms with E-state index in [9.17, 15) is 0 Å². The van der Waals surface area contributed by atoms with Crippen molar-refractivity contribution in [2.45, 2.75) is 0 Å². The van der Waals surface area contributed by atoms with Crippen molar-refractivity contribution in [2.75, 3.05) is 12.6 Å². The predicted molar refractivity (Wildman–Crippen MR) is 38.7 cm³/mol. The van der Waals surface area contributed by atoms with Gasteiger partial charge in [0.2, 0.25) is 0 Å². The van der Waals surface area contributed by atoms with Gasteiger partial charge in [0.05, 0.1) is 12.8 Å². The molecule has 2 N–H and O–H groups in total. The topological polar surface area (TPSA) is 41.5 Å². The molecule has 0 aromatic heterocycles. The fourth-order valence-electron chi connectivity index (χ4n) is 0.647. The molecule has 0 spiro atoms. The first-order valence-corrected chi connectivity index (χ1v) is 2.91. The lowest BCUT2D eigenvalue weighted by atomic mass is 10.3. The summed E-state index contributed by atoms with van der Waals surface area (Å²) < 4.78 is 0. The average molecular weight is 139 g/mol. The highest BCUT2D eigenvalue weighted by atomic mass is 16.6. The van der Waals surface area contributed by atoms with Crippen LogP contribution in [0.5, 0.6) is 5.75 Å². The number of hydrogen-bond donors (Lipinski definition) is 2. The van der Waals surface area contributed by atoms with E-state index in [-0.39, 0.29) is 5.75 Å². The quantitative estimate of drug-likeness (QED) is 0.480. The van der Waals surface area contributed by atoms with Gasteiger partial charge >= 0.3 is 0 Å². The third-order valence-corrected chi connectivity index (χ3v) is 1.09. The molecule has 0 radical (unpaired) electrons. The third kappa shape index (κ3) is 1.63. The van der Waals surface area contributed by atoms with Crippen molar-refractivity contribution in [3.05, 3.63) is 24.3 Å². The van der Waals surface area contributed by atoms with E-state index in [4.69, 9.17) is 5.11 Å². The van der Waals surface area contributed by atoms with Crippen molar-refractivity contribution in [2.24, 2.45) is 0 Å². The zero-order valence-corrected chi connectivity index (χ0v) is 5.66. The zero-order chi connectivity index (χ0) is 7.40. The molecular formula is C7H9NO2. The molecule has 54 valence electrons. The molecule has 0 atom stereocenters. The fourth-order valence-corrected chi connectivity index (χ4v) is 0.647. The van der Waals surface area contributed by atoms with Crippen LogP contribution in [0.1, 0.15) is 0 Å². The number of aromatic hydroxyl groups is 1. The second-order valence-corrected chi connectivity index (χ2v) is 1.85. The highest BCUT2D eigenvalue weighted by molar-refractivity contribution is 5.43. The molecule has 1 rings (SSSR count). The lowest BCUT2D eigenvalue weighted by Gasteiger charge is -2.00. The first-order valence-electron chi connectivity index (χ1n) is 2.91. The number of anilines is 1. The second-order valence-electron chi connectivity index (χ2n) is 1.85. The number of rotatable bonds is 2. The van der Waals surface area contributed by atoms with Crippen LogP contribution in [0.2, 0.25) is 0 Å². The summed E-state index contributed by atoms with van der Waals surface area (Å²) in [6.45, 7) is 0. The minimum absolute atomic E-state index is 0.252. The Bertz CT molecular complexity index is 195. The van der Waals surface area contributed by atoms with Gasteiger partial charge in [0.1, 0.15) is 5.75 Å². The van der Waals surface area contributed by atoms with Gasteiger partial charge < -0.3 is 5.11 Å².